The summed E-state index contributed by atoms with van der Waals surface area (Å²) in [5.41, 5.74) is 0.701. The lowest BCUT2D eigenvalue weighted by Crippen LogP contribution is -2.57. The molecule has 2 bridgehead atoms. The highest BCUT2D eigenvalue weighted by molar-refractivity contribution is 5.05. The van der Waals surface area contributed by atoms with Crippen molar-refractivity contribution in [3.63, 3.8) is 0 Å². The van der Waals surface area contributed by atoms with Gasteiger partial charge in [-0.05, 0) is 48.0 Å². The molecule has 0 aromatic heterocycles. The Bertz CT molecular complexity index is 220. The van der Waals surface area contributed by atoms with Crippen molar-refractivity contribution >= 4 is 0 Å². The standard InChI is InChI=1S/C13H26N2/c1-12(2,3)14-8-11-7-10(14)9-15(11)13(4,5)6/h10-11H,7-9H2,1-6H3. The molecule has 88 valence electrons. The fraction of sp³-hybridized carbons (Fsp3) is 1.00. The predicted molar refractivity (Wildman–Crippen MR) is 65.1 cm³/mol. The summed E-state index contributed by atoms with van der Waals surface area (Å²) in [6, 6.07) is 1.60. The molecule has 0 spiro atoms. The fourth-order valence-electron chi connectivity index (χ4n) is 3.31. The number of rotatable bonds is 0. The van der Waals surface area contributed by atoms with Crippen LogP contribution in [0.15, 0.2) is 0 Å². The highest BCUT2D eigenvalue weighted by Crippen LogP contribution is 2.38. The van der Waals surface area contributed by atoms with Gasteiger partial charge in [0, 0.05) is 36.3 Å². The Hall–Kier alpha value is -0.0800. The lowest BCUT2D eigenvalue weighted by atomic mass is 10.0. The highest BCUT2D eigenvalue weighted by Gasteiger charge is 2.49. The molecular formula is C13H26N2. The molecule has 0 radical (unpaired) electrons. The van der Waals surface area contributed by atoms with Gasteiger partial charge in [-0.2, -0.15) is 0 Å². The molecule has 0 amide bonds. The summed E-state index contributed by atoms with van der Waals surface area (Å²) in [7, 11) is 0. The molecule has 0 aromatic rings. The van der Waals surface area contributed by atoms with Gasteiger partial charge < -0.3 is 0 Å². The fourth-order valence-corrected chi connectivity index (χ4v) is 3.31. The van der Waals surface area contributed by atoms with E-state index in [-0.39, 0.29) is 0 Å². The second kappa shape index (κ2) is 3.21. The smallest absolute Gasteiger partial charge is 0.0244 e. The number of piperazine rings is 1. The van der Waals surface area contributed by atoms with Crippen LogP contribution in [-0.2, 0) is 0 Å². The van der Waals surface area contributed by atoms with E-state index in [9.17, 15) is 0 Å². The molecule has 0 aliphatic carbocycles. The van der Waals surface area contributed by atoms with Gasteiger partial charge in [0.25, 0.3) is 0 Å². The minimum atomic E-state index is 0.351. The van der Waals surface area contributed by atoms with Crippen LogP contribution in [0.1, 0.15) is 48.0 Å². The summed E-state index contributed by atoms with van der Waals surface area (Å²) in [6.07, 6.45) is 1.38. The molecule has 2 heteroatoms. The molecule has 2 nitrogen and oxygen atoms in total. The van der Waals surface area contributed by atoms with Crippen molar-refractivity contribution in [2.45, 2.75) is 71.1 Å². The van der Waals surface area contributed by atoms with Gasteiger partial charge in [0.1, 0.15) is 0 Å². The van der Waals surface area contributed by atoms with Gasteiger partial charge in [-0.3, -0.25) is 9.80 Å². The Kier molecular flexibility index (Phi) is 2.44. The summed E-state index contributed by atoms with van der Waals surface area (Å²) in [5.74, 6) is 0. The van der Waals surface area contributed by atoms with Crippen LogP contribution in [0.4, 0.5) is 0 Å². The van der Waals surface area contributed by atoms with Crippen LogP contribution < -0.4 is 0 Å². The topological polar surface area (TPSA) is 6.48 Å². The lowest BCUT2D eigenvalue weighted by molar-refractivity contribution is 0.0179. The Morgan fingerprint density at radius 1 is 0.733 bits per heavy atom. The zero-order valence-corrected chi connectivity index (χ0v) is 11.2. The van der Waals surface area contributed by atoms with Crippen LogP contribution in [0, 0.1) is 0 Å². The monoisotopic (exact) mass is 210 g/mol. The van der Waals surface area contributed by atoms with E-state index in [1.165, 1.54) is 19.5 Å². The molecule has 2 unspecified atom stereocenters. The zero-order chi connectivity index (χ0) is 11.4. The van der Waals surface area contributed by atoms with Gasteiger partial charge in [0.15, 0.2) is 0 Å². The van der Waals surface area contributed by atoms with E-state index >= 15 is 0 Å². The van der Waals surface area contributed by atoms with Gasteiger partial charge in [-0.25, -0.2) is 0 Å². The van der Waals surface area contributed by atoms with Crippen molar-refractivity contribution in [1.82, 2.24) is 9.80 Å². The van der Waals surface area contributed by atoms with Crippen LogP contribution in [0.25, 0.3) is 0 Å². The van der Waals surface area contributed by atoms with Crippen LogP contribution in [0.5, 0.6) is 0 Å². The second-order valence-corrected chi connectivity index (χ2v) is 7.19. The lowest BCUT2D eigenvalue weighted by Gasteiger charge is -2.46. The molecule has 2 aliphatic heterocycles. The number of likely N-dealkylation sites (tertiary alicyclic amines) is 2. The Morgan fingerprint density at radius 2 is 1.07 bits per heavy atom. The van der Waals surface area contributed by atoms with E-state index in [1.54, 1.807) is 0 Å². The van der Waals surface area contributed by atoms with Gasteiger partial charge in [0.05, 0.1) is 0 Å². The van der Waals surface area contributed by atoms with Crippen LogP contribution in [0.3, 0.4) is 0 Å². The largest absolute Gasteiger partial charge is 0.293 e. The highest BCUT2D eigenvalue weighted by atomic mass is 15.4. The quantitative estimate of drug-likeness (QED) is 0.605. The van der Waals surface area contributed by atoms with Gasteiger partial charge in [-0.1, -0.05) is 0 Å². The molecule has 2 heterocycles. The van der Waals surface area contributed by atoms with Crippen molar-refractivity contribution in [2.24, 2.45) is 0 Å². The van der Waals surface area contributed by atoms with Crippen LogP contribution in [-0.4, -0.2) is 46.1 Å². The first kappa shape index (κ1) is 11.4. The third-order valence-corrected chi connectivity index (χ3v) is 3.96. The molecule has 0 saturated carbocycles. The van der Waals surface area contributed by atoms with E-state index in [0.29, 0.717) is 11.1 Å². The predicted octanol–water partition coefficient (Wildman–Crippen LogP) is 2.34. The van der Waals surface area contributed by atoms with Gasteiger partial charge >= 0.3 is 0 Å². The zero-order valence-electron chi connectivity index (χ0n) is 11.2. The minimum absolute atomic E-state index is 0.351. The molecule has 2 atom stereocenters. The summed E-state index contributed by atoms with van der Waals surface area (Å²) >= 11 is 0. The molecule has 2 rings (SSSR count). The van der Waals surface area contributed by atoms with Crippen molar-refractivity contribution in [1.29, 1.82) is 0 Å². The summed E-state index contributed by atoms with van der Waals surface area (Å²) in [6.45, 7) is 16.6. The SMILES string of the molecule is CC(C)(C)N1CC2CC1CN2C(C)(C)C. The normalized spacial score (nSPS) is 34.0. The minimum Gasteiger partial charge on any atom is -0.293 e. The molecule has 2 fully saturated rings. The van der Waals surface area contributed by atoms with Gasteiger partial charge in [-0.15, -0.1) is 0 Å². The first-order valence-electron chi connectivity index (χ1n) is 6.23. The van der Waals surface area contributed by atoms with Crippen molar-refractivity contribution in [2.75, 3.05) is 13.1 Å². The first-order valence-corrected chi connectivity index (χ1v) is 6.23. The van der Waals surface area contributed by atoms with Crippen LogP contribution in [0.2, 0.25) is 0 Å². The Labute approximate surface area is 94.6 Å². The van der Waals surface area contributed by atoms with Crippen molar-refractivity contribution in [3.8, 4) is 0 Å². The number of hydrogen-bond acceptors (Lipinski definition) is 2. The van der Waals surface area contributed by atoms with Crippen molar-refractivity contribution < 1.29 is 0 Å². The average Bonchev–Trinajstić information content (AvgIpc) is 2.57. The van der Waals surface area contributed by atoms with E-state index in [1.807, 2.05) is 0 Å². The summed E-state index contributed by atoms with van der Waals surface area (Å²) < 4.78 is 0. The third kappa shape index (κ3) is 1.94. The molecule has 2 aliphatic rings. The second-order valence-electron chi connectivity index (χ2n) is 7.19. The van der Waals surface area contributed by atoms with E-state index in [4.69, 9.17) is 0 Å². The van der Waals surface area contributed by atoms with E-state index in [0.717, 1.165) is 12.1 Å². The van der Waals surface area contributed by atoms with Gasteiger partial charge in [0.2, 0.25) is 0 Å². The number of nitrogens with zero attached hydrogens (tertiary/aromatic N) is 2. The maximum Gasteiger partial charge on any atom is 0.0244 e. The number of hydrogen-bond donors (Lipinski definition) is 0. The molecular weight excluding hydrogens is 184 g/mol. The Balaban J connectivity index is 2.07. The molecule has 2 saturated heterocycles. The molecule has 0 N–H and O–H groups in total. The number of fused-ring (bicyclic) bond motifs is 2. The maximum atomic E-state index is 2.69. The maximum absolute atomic E-state index is 2.69. The third-order valence-electron chi connectivity index (χ3n) is 3.96. The van der Waals surface area contributed by atoms with Crippen molar-refractivity contribution in [3.05, 3.63) is 0 Å². The van der Waals surface area contributed by atoms with E-state index < -0.39 is 0 Å². The first-order chi connectivity index (χ1) is 6.69. The molecule has 0 aromatic carbocycles. The van der Waals surface area contributed by atoms with E-state index in [2.05, 4.69) is 51.3 Å². The summed E-state index contributed by atoms with van der Waals surface area (Å²) in [5, 5.41) is 0. The average molecular weight is 210 g/mol. The summed E-state index contributed by atoms with van der Waals surface area (Å²) in [4.78, 5) is 5.39. The molecule has 15 heavy (non-hydrogen) atoms. The Morgan fingerprint density at radius 3 is 1.27 bits per heavy atom. The van der Waals surface area contributed by atoms with Crippen LogP contribution >= 0.6 is 0 Å².